The highest BCUT2D eigenvalue weighted by molar-refractivity contribution is 5.96. The molecule has 4 N–H and O–H groups in total. The molecule has 30 heavy (non-hydrogen) atoms. The number of nitrogens with one attached hydrogen (secondary N) is 2. The molecule has 0 spiro atoms. The van der Waals surface area contributed by atoms with Gasteiger partial charge in [0.1, 0.15) is 17.5 Å². The molecule has 7 nitrogen and oxygen atoms in total. The molecule has 0 saturated carbocycles. The summed E-state index contributed by atoms with van der Waals surface area (Å²) in [5.74, 6) is 4.07. The number of amides is 1. The van der Waals surface area contributed by atoms with Gasteiger partial charge in [0.15, 0.2) is 0 Å². The van der Waals surface area contributed by atoms with Crippen LogP contribution in [0.1, 0.15) is 18.4 Å². The second-order valence-electron chi connectivity index (χ2n) is 7.22. The van der Waals surface area contributed by atoms with E-state index in [2.05, 4.69) is 27.7 Å². The standard InChI is InChI=1S/C20H23F3N6O/c1-13-4-6-14(7-5-13)28-9-2-3-17(26-8-10-28)15(11-24)18-27-12-16(20(21,22)23)19(30)29(18)25/h4-7,12,17,26-27H,2-3,8-10,25H2,1H3/b18-15-. The second-order valence-corrected chi connectivity index (χ2v) is 7.22. The Bertz CT molecular complexity index is 891. The molecule has 0 radical (unpaired) electrons. The number of anilines is 1. The minimum absolute atomic E-state index is 0.104. The molecule has 1 unspecified atom stereocenters. The fraction of sp³-hybridized carbons (Fsp3) is 0.400. The average Bonchev–Trinajstić information content (AvgIpc) is 2.67. The molecule has 1 fully saturated rings. The number of hydrogen-bond acceptors (Lipinski definition) is 6. The number of halogens is 3. The molecule has 1 saturated heterocycles. The largest absolute Gasteiger partial charge is 0.423 e. The van der Waals surface area contributed by atoms with Crippen LogP contribution in [0.3, 0.4) is 0 Å². The van der Waals surface area contributed by atoms with Crippen molar-refractivity contribution in [2.45, 2.75) is 32.0 Å². The van der Waals surface area contributed by atoms with E-state index in [9.17, 15) is 23.2 Å². The Morgan fingerprint density at radius 1 is 1.27 bits per heavy atom. The molecule has 10 heteroatoms. The Kier molecular flexibility index (Phi) is 6.34. The van der Waals surface area contributed by atoms with Gasteiger partial charge in [-0.3, -0.25) is 4.79 Å². The summed E-state index contributed by atoms with van der Waals surface area (Å²) in [4.78, 5) is 14.3. The van der Waals surface area contributed by atoms with E-state index in [4.69, 9.17) is 5.84 Å². The van der Waals surface area contributed by atoms with E-state index in [0.717, 1.165) is 18.7 Å². The summed E-state index contributed by atoms with van der Waals surface area (Å²) in [6.45, 7) is 4.05. The van der Waals surface area contributed by atoms with Crippen molar-refractivity contribution in [1.82, 2.24) is 15.6 Å². The van der Waals surface area contributed by atoms with Crippen LogP contribution in [0, 0.1) is 18.3 Å². The molecule has 0 bridgehead atoms. The van der Waals surface area contributed by atoms with Gasteiger partial charge in [0, 0.05) is 37.6 Å². The molecule has 1 amide bonds. The van der Waals surface area contributed by atoms with Gasteiger partial charge in [0.25, 0.3) is 5.91 Å². The predicted molar refractivity (Wildman–Crippen MR) is 105 cm³/mol. The lowest BCUT2D eigenvalue weighted by Gasteiger charge is -2.33. The van der Waals surface area contributed by atoms with Gasteiger partial charge in [-0.05, 0) is 31.9 Å². The number of aryl methyl sites for hydroxylation is 1. The zero-order valence-corrected chi connectivity index (χ0v) is 16.5. The Hall–Kier alpha value is -3.03. The third kappa shape index (κ3) is 4.58. The van der Waals surface area contributed by atoms with Crippen molar-refractivity contribution in [2.24, 2.45) is 5.84 Å². The number of benzene rings is 1. The summed E-state index contributed by atoms with van der Waals surface area (Å²) >= 11 is 0. The van der Waals surface area contributed by atoms with Crippen LogP contribution in [0.15, 0.2) is 47.4 Å². The molecule has 0 aliphatic carbocycles. The highest BCUT2D eigenvalue weighted by atomic mass is 19.4. The third-order valence-corrected chi connectivity index (χ3v) is 5.17. The van der Waals surface area contributed by atoms with Gasteiger partial charge in [-0.25, -0.2) is 10.9 Å². The third-order valence-electron chi connectivity index (χ3n) is 5.17. The van der Waals surface area contributed by atoms with E-state index in [1.807, 2.05) is 25.1 Å². The van der Waals surface area contributed by atoms with E-state index >= 15 is 0 Å². The number of rotatable bonds is 2. The predicted octanol–water partition coefficient (Wildman–Crippen LogP) is 2.04. The van der Waals surface area contributed by atoms with Gasteiger partial charge >= 0.3 is 6.18 Å². The molecule has 2 aliphatic heterocycles. The van der Waals surface area contributed by atoms with Crippen molar-refractivity contribution in [1.29, 1.82) is 5.26 Å². The van der Waals surface area contributed by atoms with E-state index in [0.29, 0.717) is 30.7 Å². The smallest absolute Gasteiger partial charge is 0.370 e. The van der Waals surface area contributed by atoms with Crippen LogP contribution in [0.5, 0.6) is 0 Å². The quantitative estimate of drug-likeness (QED) is 0.385. The van der Waals surface area contributed by atoms with Gasteiger partial charge in [-0.1, -0.05) is 17.7 Å². The maximum atomic E-state index is 12.9. The van der Waals surface area contributed by atoms with Crippen LogP contribution >= 0.6 is 0 Å². The van der Waals surface area contributed by atoms with Gasteiger partial charge in [0.05, 0.1) is 5.57 Å². The lowest BCUT2D eigenvalue weighted by molar-refractivity contribution is -0.139. The van der Waals surface area contributed by atoms with Crippen molar-refractivity contribution in [3.8, 4) is 6.07 Å². The molecule has 2 heterocycles. The number of hydrogen-bond donors (Lipinski definition) is 3. The summed E-state index contributed by atoms with van der Waals surface area (Å²) in [6, 6.07) is 9.79. The molecule has 1 aromatic rings. The lowest BCUT2D eigenvalue weighted by atomic mass is 10.0. The van der Waals surface area contributed by atoms with Crippen LogP contribution in [-0.4, -0.2) is 42.8 Å². The maximum absolute atomic E-state index is 12.9. The van der Waals surface area contributed by atoms with Crippen molar-refractivity contribution in [3.63, 3.8) is 0 Å². The lowest BCUT2D eigenvalue weighted by Crippen LogP contribution is -2.50. The Labute approximate surface area is 172 Å². The topological polar surface area (TPSA) is 97.4 Å². The molecule has 0 aromatic heterocycles. The van der Waals surface area contributed by atoms with Gasteiger partial charge in [-0.2, -0.15) is 18.4 Å². The fourth-order valence-electron chi connectivity index (χ4n) is 3.54. The first-order chi connectivity index (χ1) is 14.2. The second kappa shape index (κ2) is 8.77. The number of carbonyl (C=O) groups is 1. The van der Waals surface area contributed by atoms with E-state index < -0.39 is 23.7 Å². The fourth-order valence-corrected chi connectivity index (χ4v) is 3.54. The Balaban J connectivity index is 1.75. The summed E-state index contributed by atoms with van der Waals surface area (Å²) in [6.07, 6.45) is -2.97. The molecular weight excluding hydrogens is 397 g/mol. The van der Waals surface area contributed by atoms with Crippen LogP contribution in [0.2, 0.25) is 0 Å². The SMILES string of the molecule is Cc1ccc(N2CCCC(/C(C#N)=C3/NC=C(C(F)(F)F)C(=O)N3N)NCC2)cc1. The molecule has 2 aliphatic rings. The van der Waals surface area contributed by atoms with E-state index in [1.165, 1.54) is 5.56 Å². The van der Waals surface area contributed by atoms with Crippen LogP contribution in [0.25, 0.3) is 0 Å². The zero-order chi connectivity index (χ0) is 21.9. The first-order valence-electron chi connectivity index (χ1n) is 9.54. The normalized spacial score (nSPS) is 22.5. The minimum Gasteiger partial charge on any atom is -0.370 e. The van der Waals surface area contributed by atoms with Crippen LogP contribution in [0.4, 0.5) is 18.9 Å². The minimum atomic E-state index is -4.84. The summed E-state index contributed by atoms with van der Waals surface area (Å²) in [7, 11) is 0. The number of nitrogens with two attached hydrogens (primary N) is 1. The van der Waals surface area contributed by atoms with E-state index in [1.54, 1.807) is 0 Å². The van der Waals surface area contributed by atoms with Crippen molar-refractivity contribution in [2.75, 3.05) is 24.5 Å². The number of alkyl halides is 3. The van der Waals surface area contributed by atoms with Gasteiger partial charge in [0.2, 0.25) is 0 Å². The number of carbonyl (C=O) groups excluding carboxylic acids is 1. The molecule has 1 atom stereocenters. The Morgan fingerprint density at radius 3 is 2.60 bits per heavy atom. The van der Waals surface area contributed by atoms with Gasteiger partial charge in [-0.15, -0.1) is 0 Å². The summed E-state index contributed by atoms with van der Waals surface area (Å²) in [5, 5.41) is 15.6. The first kappa shape index (κ1) is 21.7. The van der Waals surface area contributed by atoms with Crippen LogP contribution in [-0.2, 0) is 4.79 Å². The highest BCUT2D eigenvalue weighted by Gasteiger charge is 2.43. The monoisotopic (exact) mass is 420 g/mol. The van der Waals surface area contributed by atoms with Crippen molar-refractivity contribution in [3.05, 3.63) is 53.0 Å². The van der Waals surface area contributed by atoms with Crippen LogP contribution < -0.4 is 21.4 Å². The average molecular weight is 420 g/mol. The van der Waals surface area contributed by atoms with Crippen molar-refractivity contribution >= 4 is 11.6 Å². The first-order valence-corrected chi connectivity index (χ1v) is 9.54. The number of hydrazine groups is 1. The molecule has 3 rings (SSSR count). The summed E-state index contributed by atoms with van der Waals surface area (Å²) < 4.78 is 38.8. The summed E-state index contributed by atoms with van der Waals surface area (Å²) in [5.41, 5.74) is 0.979. The van der Waals surface area contributed by atoms with Gasteiger partial charge < -0.3 is 15.5 Å². The maximum Gasteiger partial charge on any atom is 0.423 e. The molecule has 1 aromatic carbocycles. The highest BCUT2D eigenvalue weighted by Crippen LogP contribution is 2.30. The van der Waals surface area contributed by atoms with Crippen molar-refractivity contribution < 1.29 is 18.0 Å². The van der Waals surface area contributed by atoms with E-state index in [-0.39, 0.29) is 11.4 Å². The number of nitriles is 1. The zero-order valence-electron chi connectivity index (χ0n) is 16.5. The molecular formula is C20H23F3N6O. The molecule has 160 valence electrons. The Morgan fingerprint density at radius 2 is 1.97 bits per heavy atom. The number of nitrogens with zero attached hydrogens (tertiary/aromatic N) is 3.